The summed E-state index contributed by atoms with van der Waals surface area (Å²) in [6.45, 7) is 8.24. The standard InChI is InChI=1S/C21H32N2O6S/c1-6-28-18(24)21(10-12-23(13-11-21)19(25)29-20(2,3)4)15-16-8-7-9-17(14-16)22-30(5,26)27/h7-9,14,22H,6,10-13,15H2,1-5H3. The van der Waals surface area contributed by atoms with Gasteiger partial charge in [-0.3, -0.25) is 9.52 Å². The minimum Gasteiger partial charge on any atom is -0.466 e. The van der Waals surface area contributed by atoms with E-state index < -0.39 is 21.0 Å². The molecule has 1 aromatic carbocycles. The van der Waals surface area contributed by atoms with E-state index >= 15 is 0 Å². The van der Waals surface area contributed by atoms with Crippen LogP contribution in [-0.4, -0.2) is 56.9 Å². The van der Waals surface area contributed by atoms with Crippen molar-refractivity contribution in [1.29, 1.82) is 0 Å². The summed E-state index contributed by atoms with van der Waals surface area (Å²) in [6.07, 6.45) is 1.97. The zero-order valence-corrected chi connectivity index (χ0v) is 19.2. The zero-order valence-electron chi connectivity index (χ0n) is 18.4. The van der Waals surface area contributed by atoms with Gasteiger partial charge in [-0.2, -0.15) is 0 Å². The number of amides is 1. The Balaban J connectivity index is 2.19. The Bertz CT molecular complexity index is 868. The monoisotopic (exact) mass is 440 g/mol. The number of nitrogens with zero attached hydrogens (tertiary/aromatic N) is 1. The number of anilines is 1. The van der Waals surface area contributed by atoms with Crippen molar-refractivity contribution in [3.63, 3.8) is 0 Å². The molecule has 0 saturated carbocycles. The fourth-order valence-electron chi connectivity index (χ4n) is 3.53. The van der Waals surface area contributed by atoms with E-state index in [1.165, 1.54) is 0 Å². The number of carbonyl (C=O) groups excluding carboxylic acids is 2. The molecule has 1 fully saturated rings. The van der Waals surface area contributed by atoms with Crippen molar-refractivity contribution in [2.24, 2.45) is 5.41 Å². The van der Waals surface area contributed by atoms with Crippen LogP contribution in [0.2, 0.25) is 0 Å². The van der Waals surface area contributed by atoms with E-state index in [1.54, 1.807) is 30.0 Å². The highest BCUT2D eigenvalue weighted by Crippen LogP contribution is 2.37. The number of esters is 1. The van der Waals surface area contributed by atoms with Crippen LogP contribution in [0.15, 0.2) is 24.3 Å². The molecule has 0 aromatic heterocycles. The summed E-state index contributed by atoms with van der Waals surface area (Å²) >= 11 is 0. The lowest BCUT2D eigenvalue weighted by Gasteiger charge is -2.40. The van der Waals surface area contributed by atoms with Crippen LogP contribution in [0, 0.1) is 5.41 Å². The second kappa shape index (κ2) is 9.24. The molecule has 8 nitrogen and oxygen atoms in total. The molecule has 168 valence electrons. The maximum absolute atomic E-state index is 12.9. The number of piperidine rings is 1. The highest BCUT2D eigenvalue weighted by atomic mass is 32.2. The van der Waals surface area contributed by atoms with Crippen LogP contribution in [0.4, 0.5) is 10.5 Å². The number of hydrogen-bond acceptors (Lipinski definition) is 6. The summed E-state index contributed by atoms with van der Waals surface area (Å²) in [4.78, 5) is 26.9. The zero-order chi connectivity index (χ0) is 22.6. The van der Waals surface area contributed by atoms with Crippen molar-refractivity contribution in [3.8, 4) is 0 Å². The van der Waals surface area contributed by atoms with Gasteiger partial charge in [-0.15, -0.1) is 0 Å². The minimum absolute atomic E-state index is 0.270. The molecule has 1 aliphatic rings. The van der Waals surface area contributed by atoms with Crippen LogP contribution in [0.25, 0.3) is 0 Å². The van der Waals surface area contributed by atoms with E-state index in [2.05, 4.69) is 4.72 Å². The second-order valence-electron chi connectivity index (χ2n) is 8.72. The molecule has 1 saturated heterocycles. The minimum atomic E-state index is -3.40. The van der Waals surface area contributed by atoms with Crippen molar-refractivity contribution in [2.45, 2.75) is 52.6 Å². The van der Waals surface area contributed by atoms with Gasteiger partial charge in [0, 0.05) is 18.8 Å². The van der Waals surface area contributed by atoms with Gasteiger partial charge in [-0.25, -0.2) is 13.2 Å². The molecule has 2 rings (SSSR count). The summed E-state index contributed by atoms with van der Waals surface area (Å²) in [7, 11) is -3.40. The summed E-state index contributed by atoms with van der Waals surface area (Å²) in [5.41, 5.74) is -0.0967. The van der Waals surface area contributed by atoms with E-state index in [0.29, 0.717) is 38.0 Å². The first-order valence-corrected chi connectivity index (χ1v) is 11.9. The Morgan fingerprint density at radius 3 is 2.37 bits per heavy atom. The number of rotatable bonds is 6. The highest BCUT2D eigenvalue weighted by molar-refractivity contribution is 7.92. The fraction of sp³-hybridized carbons (Fsp3) is 0.619. The number of likely N-dealkylation sites (tertiary alicyclic amines) is 1. The lowest BCUT2D eigenvalue weighted by Crippen LogP contribution is -2.49. The smallest absolute Gasteiger partial charge is 0.410 e. The molecule has 1 amide bonds. The lowest BCUT2D eigenvalue weighted by molar-refractivity contribution is -0.158. The van der Waals surface area contributed by atoms with E-state index in [9.17, 15) is 18.0 Å². The van der Waals surface area contributed by atoms with E-state index in [-0.39, 0.29) is 18.7 Å². The summed E-state index contributed by atoms with van der Waals surface area (Å²) in [6, 6.07) is 6.99. The first kappa shape index (κ1) is 24.0. The SMILES string of the molecule is CCOC(=O)C1(Cc2cccc(NS(C)(=O)=O)c2)CCN(C(=O)OC(C)(C)C)CC1. The normalized spacial score (nSPS) is 16.6. The van der Waals surface area contributed by atoms with Crippen molar-refractivity contribution < 1.29 is 27.5 Å². The fourth-order valence-corrected chi connectivity index (χ4v) is 4.09. The quantitative estimate of drug-likeness (QED) is 0.682. The molecule has 1 N–H and O–H groups in total. The van der Waals surface area contributed by atoms with Crippen LogP contribution in [0.5, 0.6) is 0 Å². The van der Waals surface area contributed by atoms with Gasteiger partial charge in [0.15, 0.2) is 0 Å². The molecule has 30 heavy (non-hydrogen) atoms. The summed E-state index contributed by atoms with van der Waals surface area (Å²) in [5, 5.41) is 0. The molecule has 1 aliphatic heterocycles. The molecule has 1 aromatic rings. The topological polar surface area (TPSA) is 102 Å². The predicted molar refractivity (Wildman–Crippen MR) is 115 cm³/mol. The Hall–Kier alpha value is -2.29. The molecular formula is C21H32N2O6S. The van der Waals surface area contributed by atoms with E-state index in [0.717, 1.165) is 11.8 Å². The number of ether oxygens (including phenoxy) is 2. The third-order valence-corrected chi connectivity index (χ3v) is 5.46. The van der Waals surface area contributed by atoms with Crippen molar-refractivity contribution in [3.05, 3.63) is 29.8 Å². The van der Waals surface area contributed by atoms with Gasteiger partial charge < -0.3 is 14.4 Å². The van der Waals surface area contributed by atoms with E-state index in [1.807, 2.05) is 26.8 Å². The number of hydrogen-bond donors (Lipinski definition) is 1. The molecule has 0 aliphatic carbocycles. The van der Waals surface area contributed by atoms with Crippen LogP contribution in [0.1, 0.15) is 46.1 Å². The van der Waals surface area contributed by atoms with Crippen molar-refractivity contribution >= 4 is 27.8 Å². The van der Waals surface area contributed by atoms with Crippen LogP contribution in [0.3, 0.4) is 0 Å². The lowest BCUT2D eigenvalue weighted by atomic mass is 9.73. The third kappa shape index (κ3) is 6.90. The average Bonchev–Trinajstić information content (AvgIpc) is 2.60. The van der Waals surface area contributed by atoms with Crippen LogP contribution >= 0.6 is 0 Å². The third-order valence-electron chi connectivity index (χ3n) is 4.85. The first-order chi connectivity index (χ1) is 13.8. The molecule has 0 spiro atoms. The van der Waals surface area contributed by atoms with Gasteiger partial charge in [-0.05, 0) is 64.7 Å². The summed E-state index contributed by atoms with van der Waals surface area (Å²) < 4.78 is 36.3. The van der Waals surface area contributed by atoms with Crippen LogP contribution in [-0.2, 0) is 30.7 Å². The van der Waals surface area contributed by atoms with E-state index in [4.69, 9.17) is 9.47 Å². The van der Waals surface area contributed by atoms with Crippen molar-refractivity contribution in [1.82, 2.24) is 4.90 Å². The Kier molecular flexibility index (Phi) is 7.39. The van der Waals surface area contributed by atoms with Gasteiger partial charge in [0.25, 0.3) is 0 Å². The van der Waals surface area contributed by atoms with Gasteiger partial charge >= 0.3 is 12.1 Å². The Morgan fingerprint density at radius 2 is 1.83 bits per heavy atom. The Morgan fingerprint density at radius 1 is 1.20 bits per heavy atom. The highest BCUT2D eigenvalue weighted by Gasteiger charge is 2.44. The second-order valence-corrected chi connectivity index (χ2v) is 10.5. The molecular weight excluding hydrogens is 408 g/mol. The maximum atomic E-state index is 12.9. The predicted octanol–water partition coefficient (Wildman–Crippen LogP) is 3.18. The van der Waals surface area contributed by atoms with Gasteiger partial charge in [-0.1, -0.05) is 12.1 Å². The van der Waals surface area contributed by atoms with Crippen molar-refractivity contribution in [2.75, 3.05) is 30.7 Å². The number of benzene rings is 1. The number of sulfonamides is 1. The average molecular weight is 441 g/mol. The molecule has 0 atom stereocenters. The summed E-state index contributed by atoms with van der Waals surface area (Å²) in [5.74, 6) is -0.296. The largest absolute Gasteiger partial charge is 0.466 e. The molecule has 1 heterocycles. The maximum Gasteiger partial charge on any atom is 0.410 e. The van der Waals surface area contributed by atoms with Gasteiger partial charge in [0.1, 0.15) is 5.60 Å². The van der Waals surface area contributed by atoms with Gasteiger partial charge in [0.2, 0.25) is 10.0 Å². The molecule has 0 radical (unpaired) electrons. The number of nitrogens with one attached hydrogen (secondary N) is 1. The molecule has 9 heteroatoms. The first-order valence-electron chi connectivity index (χ1n) is 10.1. The number of carbonyl (C=O) groups is 2. The molecule has 0 unspecified atom stereocenters. The van der Waals surface area contributed by atoms with Gasteiger partial charge in [0.05, 0.1) is 18.3 Å². The Labute approximate surface area is 179 Å². The van der Waals surface area contributed by atoms with Crippen LogP contribution < -0.4 is 4.72 Å². The molecule has 0 bridgehead atoms.